The largest absolute Gasteiger partial charge is 0.326 e. The Morgan fingerprint density at radius 1 is 1.37 bits per heavy atom. The van der Waals surface area contributed by atoms with Crippen molar-refractivity contribution in [3.8, 4) is 5.13 Å². The quantitative estimate of drug-likeness (QED) is 0.578. The standard InChI is InChI=1S/C23H27FN4OS/c1-17-14-19(24)7-8-21(17)26-22(29)9-6-18-4-2-11-27(15-18)16-20-5-3-12-28(20)23-25-10-13-30-23/h3,5,7-8,10,12-14,18H,2,4,6,9,11,15-16H2,1H3,(H,26,29)/t18-/m1/s1. The van der Waals surface area contributed by atoms with Crippen LogP contribution in [0.15, 0.2) is 48.1 Å². The first-order chi connectivity index (χ1) is 14.6. The maximum Gasteiger partial charge on any atom is 0.224 e. The number of likely N-dealkylation sites (tertiary alicyclic amines) is 1. The Morgan fingerprint density at radius 3 is 3.07 bits per heavy atom. The average molecular weight is 427 g/mol. The molecule has 0 radical (unpaired) electrons. The second-order valence-electron chi connectivity index (χ2n) is 7.97. The first-order valence-electron chi connectivity index (χ1n) is 10.4. The summed E-state index contributed by atoms with van der Waals surface area (Å²) in [6, 6.07) is 8.67. The first kappa shape index (κ1) is 20.8. The zero-order valence-corrected chi connectivity index (χ0v) is 18.0. The highest BCUT2D eigenvalue weighted by atomic mass is 32.1. The van der Waals surface area contributed by atoms with E-state index in [0.717, 1.165) is 49.6 Å². The molecule has 30 heavy (non-hydrogen) atoms. The summed E-state index contributed by atoms with van der Waals surface area (Å²) in [7, 11) is 0. The second kappa shape index (κ2) is 9.53. The van der Waals surface area contributed by atoms with E-state index in [1.54, 1.807) is 24.3 Å². The molecule has 1 atom stereocenters. The molecule has 1 aromatic carbocycles. The number of nitrogens with one attached hydrogen (secondary N) is 1. The van der Waals surface area contributed by atoms with Crippen LogP contribution < -0.4 is 5.32 Å². The Labute approximate surface area is 180 Å². The van der Waals surface area contributed by atoms with Crippen molar-refractivity contribution in [3.63, 3.8) is 0 Å². The zero-order valence-electron chi connectivity index (χ0n) is 17.2. The van der Waals surface area contributed by atoms with Gasteiger partial charge in [0.05, 0.1) is 0 Å². The van der Waals surface area contributed by atoms with Crippen molar-refractivity contribution in [2.24, 2.45) is 5.92 Å². The van der Waals surface area contributed by atoms with Crippen molar-refractivity contribution in [2.75, 3.05) is 18.4 Å². The molecule has 3 heterocycles. The van der Waals surface area contributed by atoms with Gasteiger partial charge >= 0.3 is 0 Å². The number of nitrogens with zero attached hydrogens (tertiary/aromatic N) is 3. The molecule has 0 aliphatic carbocycles. The molecule has 1 N–H and O–H groups in total. The van der Waals surface area contributed by atoms with Crippen molar-refractivity contribution < 1.29 is 9.18 Å². The van der Waals surface area contributed by atoms with Crippen LogP contribution in [0.25, 0.3) is 5.13 Å². The SMILES string of the molecule is Cc1cc(F)ccc1NC(=O)CC[C@H]1CCCN(Cc2cccn2-c2nccs2)C1. The minimum atomic E-state index is -0.284. The van der Waals surface area contributed by atoms with E-state index in [1.807, 2.05) is 11.6 Å². The first-order valence-corrected chi connectivity index (χ1v) is 11.3. The number of anilines is 1. The number of halogens is 1. The maximum atomic E-state index is 13.2. The number of rotatable bonds is 7. The molecule has 0 spiro atoms. The average Bonchev–Trinajstić information content (AvgIpc) is 3.41. The predicted molar refractivity (Wildman–Crippen MR) is 118 cm³/mol. The number of aromatic nitrogens is 2. The summed E-state index contributed by atoms with van der Waals surface area (Å²) < 4.78 is 15.4. The van der Waals surface area contributed by atoms with Crippen LogP contribution in [0.2, 0.25) is 0 Å². The second-order valence-corrected chi connectivity index (χ2v) is 8.85. The van der Waals surface area contributed by atoms with Gasteiger partial charge in [-0.2, -0.15) is 0 Å². The monoisotopic (exact) mass is 426 g/mol. The van der Waals surface area contributed by atoms with Gasteiger partial charge in [-0.1, -0.05) is 0 Å². The zero-order chi connectivity index (χ0) is 20.9. The number of piperidine rings is 1. The Kier molecular flexibility index (Phi) is 6.59. The van der Waals surface area contributed by atoms with Gasteiger partial charge in [-0.15, -0.1) is 11.3 Å². The topological polar surface area (TPSA) is 50.2 Å². The summed E-state index contributed by atoms with van der Waals surface area (Å²) in [5.41, 5.74) is 2.68. The fourth-order valence-corrected chi connectivity index (χ4v) is 4.80. The molecule has 2 aromatic heterocycles. The van der Waals surface area contributed by atoms with E-state index >= 15 is 0 Å². The predicted octanol–water partition coefficient (Wildman–Crippen LogP) is 5.01. The van der Waals surface area contributed by atoms with E-state index in [1.165, 1.54) is 17.8 Å². The minimum Gasteiger partial charge on any atom is -0.326 e. The van der Waals surface area contributed by atoms with Crippen LogP contribution in [0.4, 0.5) is 10.1 Å². The van der Waals surface area contributed by atoms with Crippen LogP contribution in [-0.2, 0) is 11.3 Å². The molecular weight excluding hydrogens is 399 g/mol. The number of thiazole rings is 1. The highest BCUT2D eigenvalue weighted by Crippen LogP contribution is 2.24. The van der Waals surface area contributed by atoms with Crippen LogP contribution >= 0.6 is 11.3 Å². The van der Waals surface area contributed by atoms with Crippen molar-refractivity contribution in [3.05, 3.63) is 65.2 Å². The highest BCUT2D eigenvalue weighted by Gasteiger charge is 2.22. The molecule has 3 aromatic rings. The highest BCUT2D eigenvalue weighted by molar-refractivity contribution is 7.12. The number of hydrogen-bond donors (Lipinski definition) is 1. The third-order valence-corrected chi connectivity index (χ3v) is 6.46. The summed E-state index contributed by atoms with van der Waals surface area (Å²) in [4.78, 5) is 19.3. The molecule has 1 aliphatic heterocycles. The van der Waals surface area contributed by atoms with E-state index < -0.39 is 0 Å². The van der Waals surface area contributed by atoms with Gasteiger partial charge in [0, 0.05) is 48.7 Å². The van der Waals surface area contributed by atoms with Gasteiger partial charge in [0.25, 0.3) is 0 Å². The molecule has 1 fully saturated rings. The van der Waals surface area contributed by atoms with Gasteiger partial charge in [0.1, 0.15) is 5.82 Å². The van der Waals surface area contributed by atoms with E-state index in [-0.39, 0.29) is 11.7 Å². The summed E-state index contributed by atoms with van der Waals surface area (Å²) in [6.45, 7) is 4.79. The smallest absolute Gasteiger partial charge is 0.224 e. The van der Waals surface area contributed by atoms with E-state index in [4.69, 9.17) is 0 Å². The fourth-order valence-electron chi connectivity index (χ4n) is 4.14. The third-order valence-electron chi connectivity index (χ3n) is 5.69. The van der Waals surface area contributed by atoms with Gasteiger partial charge in [0.2, 0.25) is 5.91 Å². The van der Waals surface area contributed by atoms with E-state index in [2.05, 4.69) is 38.1 Å². The number of amides is 1. The Morgan fingerprint density at radius 2 is 2.27 bits per heavy atom. The molecule has 158 valence electrons. The molecule has 0 bridgehead atoms. The Balaban J connectivity index is 1.28. The van der Waals surface area contributed by atoms with Crippen molar-refractivity contribution >= 4 is 22.9 Å². The van der Waals surface area contributed by atoms with Gasteiger partial charge in [-0.05, 0) is 74.5 Å². The lowest BCUT2D eigenvalue weighted by Gasteiger charge is -2.32. The number of carbonyl (C=O) groups is 1. The molecule has 4 rings (SSSR count). The maximum absolute atomic E-state index is 13.2. The van der Waals surface area contributed by atoms with Crippen LogP contribution in [0.1, 0.15) is 36.9 Å². The summed E-state index contributed by atoms with van der Waals surface area (Å²) in [6.07, 6.45) is 7.58. The van der Waals surface area contributed by atoms with E-state index in [9.17, 15) is 9.18 Å². The van der Waals surface area contributed by atoms with Gasteiger partial charge < -0.3 is 5.32 Å². The molecule has 1 amide bonds. The van der Waals surface area contributed by atoms with E-state index in [0.29, 0.717) is 18.0 Å². The van der Waals surface area contributed by atoms with Gasteiger partial charge in [-0.3, -0.25) is 14.3 Å². The normalized spacial score (nSPS) is 17.2. The molecule has 1 aliphatic rings. The molecule has 0 unspecified atom stereocenters. The van der Waals surface area contributed by atoms with Crippen molar-refractivity contribution in [1.82, 2.24) is 14.5 Å². The Hall–Kier alpha value is -2.51. The number of carbonyl (C=O) groups excluding carboxylic acids is 1. The molecular formula is C23H27FN4OS. The summed E-state index contributed by atoms with van der Waals surface area (Å²) >= 11 is 1.64. The third kappa shape index (κ3) is 5.15. The molecule has 5 nitrogen and oxygen atoms in total. The molecule has 0 saturated carbocycles. The van der Waals surface area contributed by atoms with Gasteiger partial charge in [-0.25, -0.2) is 9.37 Å². The number of benzene rings is 1. The Bertz CT molecular complexity index is 985. The van der Waals surface area contributed by atoms with Crippen LogP contribution in [-0.4, -0.2) is 33.4 Å². The van der Waals surface area contributed by atoms with Crippen LogP contribution in [0.5, 0.6) is 0 Å². The summed E-state index contributed by atoms with van der Waals surface area (Å²) in [5.74, 6) is 0.232. The lowest BCUT2D eigenvalue weighted by Crippen LogP contribution is -2.35. The molecule has 7 heteroatoms. The lowest BCUT2D eigenvalue weighted by molar-refractivity contribution is -0.116. The minimum absolute atomic E-state index is 0.000484. The van der Waals surface area contributed by atoms with Crippen molar-refractivity contribution in [1.29, 1.82) is 0 Å². The summed E-state index contributed by atoms with van der Waals surface area (Å²) in [5, 5.41) is 5.91. The number of aryl methyl sites for hydroxylation is 1. The van der Waals surface area contributed by atoms with Crippen LogP contribution in [0.3, 0.4) is 0 Å². The van der Waals surface area contributed by atoms with Crippen molar-refractivity contribution in [2.45, 2.75) is 39.2 Å². The van der Waals surface area contributed by atoms with Gasteiger partial charge in [0.15, 0.2) is 5.13 Å². The molecule has 1 saturated heterocycles. The number of hydrogen-bond acceptors (Lipinski definition) is 4. The lowest BCUT2D eigenvalue weighted by atomic mass is 9.93. The van der Waals surface area contributed by atoms with Crippen LogP contribution in [0, 0.1) is 18.7 Å². The fraction of sp³-hybridized carbons (Fsp3) is 0.391.